The third-order valence-corrected chi connectivity index (χ3v) is 2.59. The van der Waals surface area contributed by atoms with E-state index in [0.717, 1.165) is 24.5 Å². The van der Waals surface area contributed by atoms with Crippen molar-refractivity contribution in [3.05, 3.63) is 34.3 Å². The normalized spacial score (nSPS) is 17.5. The molecule has 0 saturated heterocycles. The molecule has 0 unspecified atom stereocenters. The van der Waals surface area contributed by atoms with E-state index in [0.29, 0.717) is 0 Å². The van der Waals surface area contributed by atoms with E-state index in [4.69, 9.17) is 17.4 Å². The standard InChI is InChI=1S/C9H11ClN2/c10-9-3-1-2-7-6-12(11)5-4-8(7)9/h1-3H,4-6,11H2. The summed E-state index contributed by atoms with van der Waals surface area (Å²) < 4.78 is 0. The maximum absolute atomic E-state index is 6.03. The number of hydrogen-bond donors (Lipinski definition) is 1. The molecule has 64 valence electrons. The number of halogens is 1. The van der Waals surface area contributed by atoms with Gasteiger partial charge in [0.05, 0.1) is 0 Å². The minimum absolute atomic E-state index is 0.815. The van der Waals surface area contributed by atoms with E-state index in [1.807, 2.05) is 17.1 Å². The molecule has 2 rings (SSSR count). The van der Waals surface area contributed by atoms with Gasteiger partial charge in [0.2, 0.25) is 0 Å². The third-order valence-electron chi connectivity index (χ3n) is 2.24. The molecule has 1 aliphatic rings. The van der Waals surface area contributed by atoms with Gasteiger partial charge >= 0.3 is 0 Å². The van der Waals surface area contributed by atoms with E-state index in [1.54, 1.807) is 0 Å². The summed E-state index contributed by atoms with van der Waals surface area (Å²) in [6, 6.07) is 5.99. The number of nitrogens with zero attached hydrogens (tertiary/aromatic N) is 1. The van der Waals surface area contributed by atoms with Crippen LogP contribution < -0.4 is 5.84 Å². The minimum atomic E-state index is 0.815. The first kappa shape index (κ1) is 8.05. The smallest absolute Gasteiger partial charge is 0.0441 e. The molecule has 1 aliphatic heterocycles. The molecular weight excluding hydrogens is 172 g/mol. The predicted molar refractivity (Wildman–Crippen MR) is 49.8 cm³/mol. The topological polar surface area (TPSA) is 29.3 Å². The first-order valence-corrected chi connectivity index (χ1v) is 4.41. The molecule has 0 amide bonds. The fourth-order valence-corrected chi connectivity index (χ4v) is 1.87. The van der Waals surface area contributed by atoms with Crippen LogP contribution in [0.4, 0.5) is 0 Å². The zero-order chi connectivity index (χ0) is 8.55. The van der Waals surface area contributed by atoms with Gasteiger partial charge in [0.1, 0.15) is 0 Å². The minimum Gasteiger partial charge on any atom is -0.268 e. The number of fused-ring (bicyclic) bond motifs is 1. The SMILES string of the molecule is NN1CCc2c(Cl)cccc2C1. The number of nitrogens with two attached hydrogens (primary N) is 1. The van der Waals surface area contributed by atoms with Crippen LogP contribution in [0.25, 0.3) is 0 Å². The van der Waals surface area contributed by atoms with Crippen molar-refractivity contribution in [3.63, 3.8) is 0 Å². The Morgan fingerprint density at radius 1 is 1.42 bits per heavy atom. The molecule has 0 fully saturated rings. The zero-order valence-corrected chi connectivity index (χ0v) is 7.51. The van der Waals surface area contributed by atoms with Gasteiger partial charge in [-0.2, -0.15) is 0 Å². The fourth-order valence-electron chi connectivity index (χ4n) is 1.58. The second-order valence-corrected chi connectivity index (χ2v) is 3.51. The van der Waals surface area contributed by atoms with Gasteiger partial charge in [-0.15, -0.1) is 0 Å². The second kappa shape index (κ2) is 3.05. The highest BCUT2D eigenvalue weighted by atomic mass is 35.5. The molecule has 0 aromatic heterocycles. The summed E-state index contributed by atoms with van der Waals surface area (Å²) in [6.07, 6.45) is 0.964. The average Bonchev–Trinajstić information content (AvgIpc) is 2.04. The summed E-state index contributed by atoms with van der Waals surface area (Å²) in [6.45, 7) is 1.71. The van der Waals surface area contributed by atoms with Crippen molar-refractivity contribution in [2.75, 3.05) is 6.54 Å². The summed E-state index contributed by atoms with van der Waals surface area (Å²) >= 11 is 6.03. The van der Waals surface area contributed by atoms with Gasteiger partial charge < -0.3 is 0 Å². The summed E-state index contributed by atoms with van der Waals surface area (Å²) in [4.78, 5) is 0. The number of rotatable bonds is 0. The van der Waals surface area contributed by atoms with Gasteiger partial charge in [-0.25, -0.2) is 5.01 Å². The lowest BCUT2D eigenvalue weighted by Crippen LogP contribution is -2.36. The van der Waals surface area contributed by atoms with Crippen LogP contribution in [0.2, 0.25) is 5.02 Å². The Hall–Kier alpha value is -0.570. The molecule has 1 aromatic carbocycles. The Kier molecular flexibility index (Phi) is 2.05. The highest BCUT2D eigenvalue weighted by Gasteiger charge is 2.14. The van der Waals surface area contributed by atoms with Gasteiger partial charge in [0, 0.05) is 18.1 Å². The Labute approximate surface area is 76.9 Å². The van der Waals surface area contributed by atoms with Gasteiger partial charge in [0.25, 0.3) is 0 Å². The third kappa shape index (κ3) is 1.33. The van der Waals surface area contributed by atoms with Crippen LogP contribution in [0.3, 0.4) is 0 Å². The number of hydrazine groups is 1. The van der Waals surface area contributed by atoms with Crippen LogP contribution in [0.15, 0.2) is 18.2 Å². The van der Waals surface area contributed by atoms with Crippen molar-refractivity contribution >= 4 is 11.6 Å². The average molecular weight is 183 g/mol. The fraction of sp³-hybridized carbons (Fsp3) is 0.333. The lowest BCUT2D eigenvalue weighted by Gasteiger charge is -2.24. The van der Waals surface area contributed by atoms with E-state index in [2.05, 4.69) is 6.07 Å². The molecule has 12 heavy (non-hydrogen) atoms. The van der Waals surface area contributed by atoms with Crippen LogP contribution in [0.5, 0.6) is 0 Å². The monoisotopic (exact) mass is 182 g/mol. The maximum atomic E-state index is 6.03. The van der Waals surface area contributed by atoms with Crippen molar-refractivity contribution in [1.82, 2.24) is 5.01 Å². The Morgan fingerprint density at radius 3 is 3.08 bits per heavy atom. The molecule has 0 bridgehead atoms. The van der Waals surface area contributed by atoms with E-state index in [-0.39, 0.29) is 0 Å². The molecule has 3 heteroatoms. The van der Waals surface area contributed by atoms with Crippen LogP contribution in [0, 0.1) is 0 Å². The molecule has 0 aliphatic carbocycles. The van der Waals surface area contributed by atoms with Crippen molar-refractivity contribution in [1.29, 1.82) is 0 Å². The molecule has 0 atom stereocenters. The molecule has 0 spiro atoms. The quantitative estimate of drug-likeness (QED) is 0.618. The summed E-state index contributed by atoms with van der Waals surface area (Å²) in [7, 11) is 0. The molecule has 1 aromatic rings. The van der Waals surface area contributed by atoms with Gasteiger partial charge in [-0.3, -0.25) is 5.84 Å². The van der Waals surface area contributed by atoms with Crippen molar-refractivity contribution < 1.29 is 0 Å². The lowest BCUT2D eigenvalue weighted by atomic mass is 10.0. The van der Waals surface area contributed by atoms with Crippen molar-refractivity contribution in [3.8, 4) is 0 Å². The zero-order valence-electron chi connectivity index (χ0n) is 6.76. The largest absolute Gasteiger partial charge is 0.268 e. The highest BCUT2D eigenvalue weighted by molar-refractivity contribution is 6.31. The first-order valence-electron chi connectivity index (χ1n) is 4.03. The molecular formula is C9H11ClN2. The van der Waals surface area contributed by atoms with Crippen LogP contribution in [-0.2, 0) is 13.0 Å². The Balaban J connectivity index is 2.42. The van der Waals surface area contributed by atoms with Crippen molar-refractivity contribution in [2.24, 2.45) is 5.84 Å². The molecule has 2 N–H and O–H groups in total. The number of benzene rings is 1. The van der Waals surface area contributed by atoms with Gasteiger partial charge in [-0.05, 0) is 23.6 Å². The Morgan fingerprint density at radius 2 is 2.25 bits per heavy atom. The molecule has 2 nitrogen and oxygen atoms in total. The summed E-state index contributed by atoms with van der Waals surface area (Å²) in [5, 5.41) is 2.69. The molecule has 0 radical (unpaired) electrons. The summed E-state index contributed by atoms with van der Waals surface area (Å²) in [5.41, 5.74) is 2.53. The first-order chi connectivity index (χ1) is 5.77. The lowest BCUT2D eigenvalue weighted by molar-refractivity contribution is 0.263. The molecule has 0 saturated carbocycles. The molecule has 1 heterocycles. The van der Waals surface area contributed by atoms with E-state index in [1.165, 1.54) is 11.1 Å². The van der Waals surface area contributed by atoms with Crippen molar-refractivity contribution in [2.45, 2.75) is 13.0 Å². The van der Waals surface area contributed by atoms with E-state index >= 15 is 0 Å². The van der Waals surface area contributed by atoms with Crippen LogP contribution >= 0.6 is 11.6 Å². The van der Waals surface area contributed by atoms with Gasteiger partial charge in [0.15, 0.2) is 0 Å². The van der Waals surface area contributed by atoms with E-state index in [9.17, 15) is 0 Å². The maximum Gasteiger partial charge on any atom is 0.0441 e. The predicted octanol–water partition coefficient (Wildman–Crippen LogP) is 1.57. The summed E-state index contributed by atoms with van der Waals surface area (Å²) in [5.74, 6) is 5.69. The Bertz CT molecular complexity index is 299. The van der Waals surface area contributed by atoms with Crippen LogP contribution in [-0.4, -0.2) is 11.6 Å². The highest BCUT2D eigenvalue weighted by Crippen LogP contribution is 2.24. The van der Waals surface area contributed by atoms with E-state index < -0.39 is 0 Å². The van der Waals surface area contributed by atoms with Crippen LogP contribution in [0.1, 0.15) is 11.1 Å². The van der Waals surface area contributed by atoms with Gasteiger partial charge in [-0.1, -0.05) is 23.7 Å². The second-order valence-electron chi connectivity index (χ2n) is 3.10. The number of hydrogen-bond acceptors (Lipinski definition) is 2.